The van der Waals surface area contributed by atoms with Gasteiger partial charge in [-0.25, -0.2) is 17.9 Å². The van der Waals surface area contributed by atoms with Gasteiger partial charge in [-0.3, -0.25) is 4.79 Å². The molecule has 0 atom stereocenters. The topological polar surface area (TPSA) is 113 Å². The number of aryl methyl sites for hydroxylation is 1. The van der Waals surface area contributed by atoms with E-state index < -0.39 is 27.4 Å². The van der Waals surface area contributed by atoms with Gasteiger partial charge in [0.25, 0.3) is 5.91 Å². The Morgan fingerprint density at radius 2 is 1.96 bits per heavy atom. The fraction of sp³-hybridized carbons (Fsp3) is 0.467. The molecule has 1 aliphatic carbocycles. The average molecular weight is 340 g/mol. The zero-order valence-corrected chi connectivity index (χ0v) is 13.9. The Morgan fingerprint density at radius 3 is 2.43 bits per heavy atom. The molecule has 0 aromatic heterocycles. The van der Waals surface area contributed by atoms with Crippen LogP contribution < -0.4 is 10.0 Å². The largest absolute Gasteiger partial charge is 0.480 e. The van der Waals surface area contributed by atoms with Gasteiger partial charge in [0.15, 0.2) is 0 Å². The summed E-state index contributed by atoms with van der Waals surface area (Å²) in [7, 11) is -3.68. The highest BCUT2D eigenvalue weighted by Gasteiger charge is 2.45. The summed E-state index contributed by atoms with van der Waals surface area (Å²) in [4.78, 5) is 23.8. The number of hydrogen-bond acceptors (Lipinski definition) is 4. The van der Waals surface area contributed by atoms with Crippen LogP contribution in [0.5, 0.6) is 0 Å². The lowest BCUT2D eigenvalue weighted by molar-refractivity contribution is -0.148. The summed E-state index contributed by atoms with van der Waals surface area (Å²) in [6.07, 6.45) is 1.49. The number of aliphatic carboxylic acids is 1. The zero-order valence-electron chi connectivity index (χ0n) is 13.0. The number of sulfonamides is 1. The van der Waals surface area contributed by atoms with Gasteiger partial charge in [0, 0.05) is 12.1 Å². The van der Waals surface area contributed by atoms with E-state index in [1.54, 1.807) is 13.8 Å². The molecule has 7 nitrogen and oxygen atoms in total. The number of rotatable bonds is 6. The van der Waals surface area contributed by atoms with Crippen molar-refractivity contribution in [2.24, 2.45) is 0 Å². The van der Waals surface area contributed by atoms with Crippen LogP contribution >= 0.6 is 0 Å². The Morgan fingerprint density at radius 1 is 1.30 bits per heavy atom. The lowest BCUT2D eigenvalue weighted by Gasteiger charge is -2.38. The second kappa shape index (κ2) is 6.29. The van der Waals surface area contributed by atoms with Crippen LogP contribution in [0.25, 0.3) is 0 Å². The van der Waals surface area contributed by atoms with E-state index >= 15 is 0 Å². The summed E-state index contributed by atoms with van der Waals surface area (Å²) in [6, 6.07) is 4.23. The number of carboxylic acids is 1. The molecule has 23 heavy (non-hydrogen) atoms. The van der Waals surface area contributed by atoms with Crippen molar-refractivity contribution in [3.63, 3.8) is 0 Å². The third-order valence-electron chi connectivity index (χ3n) is 4.07. The Kier molecular flexibility index (Phi) is 4.76. The second-order valence-corrected chi connectivity index (χ2v) is 7.44. The van der Waals surface area contributed by atoms with E-state index in [0.29, 0.717) is 18.4 Å². The molecule has 3 N–H and O–H groups in total. The normalized spacial score (nSPS) is 16.4. The molecule has 0 radical (unpaired) electrons. The van der Waals surface area contributed by atoms with Crippen molar-refractivity contribution >= 4 is 21.9 Å². The molecule has 1 saturated carbocycles. The van der Waals surface area contributed by atoms with Crippen LogP contribution in [0.1, 0.15) is 42.1 Å². The second-order valence-electron chi connectivity index (χ2n) is 5.67. The van der Waals surface area contributed by atoms with Gasteiger partial charge in [0.2, 0.25) is 10.0 Å². The van der Waals surface area contributed by atoms with Gasteiger partial charge in [-0.15, -0.1) is 0 Å². The first-order valence-electron chi connectivity index (χ1n) is 7.38. The number of carbonyl (C=O) groups is 2. The van der Waals surface area contributed by atoms with E-state index in [9.17, 15) is 23.1 Å². The van der Waals surface area contributed by atoms with Crippen LogP contribution in [0.3, 0.4) is 0 Å². The number of benzene rings is 1. The summed E-state index contributed by atoms with van der Waals surface area (Å²) in [5, 5.41) is 11.8. The molecule has 126 valence electrons. The summed E-state index contributed by atoms with van der Waals surface area (Å²) in [6.45, 7) is 3.57. The first-order valence-corrected chi connectivity index (χ1v) is 8.86. The Balaban J connectivity index is 2.32. The molecule has 1 aromatic carbocycles. The lowest BCUT2D eigenvalue weighted by atomic mass is 9.76. The molecule has 0 spiro atoms. The molecule has 0 aliphatic heterocycles. The Hall–Kier alpha value is -1.93. The third-order valence-corrected chi connectivity index (χ3v) is 5.61. The van der Waals surface area contributed by atoms with Gasteiger partial charge in [-0.05, 0) is 43.9 Å². The average Bonchev–Trinajstić information content (AvgIpc) is 2.42. The van der Waals surface area contributed by atoms with Gasteiger partial charge in [0.05, 0.1) is 4.90 Å². The van der Waals surface area contributed by atoms with E-state index in [-0.39, 0.29) is 17.0 Å². The highest BCUT2D eigenvalue weighted by molar-refractivity contribution is 7.89. The molecule has 0 saturated heterocycles. The maximum atomic E-state index is 12.4. The van der Waals surface area contributed by atoms with Gasteiger partial charge in [0.1, 0.15) is 5.54 Å². The molecule has 0 unspecified atom stereocenters. The van der Waals surface area contributed by atoms with E-state index in [2.05, 4.69) is 10.0 Å². The molecule has 0 heterocycles. The van der Waals surface area contributed by atoms with E-state index in [0.717, 1.165) is 6.42 Å². The number of carboxylic acid groups (broad SMARTS) is 1. The van der Waals surface area contributed by atoms with Crippen molar-refractivity contribution in [3.8, 4) is 0 Å². The van der Waals surface area contributed by atoms with Gasteiger partial charge >= 0.3 is 5.97 Å². The highest BCUT2D eigenvalue weighted by Crippen LogP contribution is 2.32. The molecule has 1 amide bonds. The quantitative estimate of drug-likeness (QED) is 0.716. The first kappa shape index (κ1) is 17.4. The molecule has 1 fully saturated rings. The molecule has 8 heteroatoms. The van der Waals surface area contributed by atoms with Crippen LogP contribution in [0.2, 0.25) is 0 Å². The number of nitrogens with one attached hydrogen (secondary N) is 2. The predicted octanol–water partition coefficient (Wildman–Crippen LogP) is 1.03. The number of carbonyl (C=O) groups excluding carboxylic acids is 1. The van der Waals surface area contributed by atoms with Gasteiger partial charge in [-0.1, -0.05) is 13.0 Å². The Labute approximate surface area is 135 Å². The minimum atomic E-state index is -3.68. The fourth-order valence-electron chi connectivity index (χ4n) is 2.49. The molecular weight excluding hydrogens is 320 g/mol. The molecule has 0 bridgehead atoms. The molecular formula is C15H20N2O5S. The van der Waals surface area contributed by atoms with Gasteiger partial charge in [-0.2, -0.15) is 0 Å². The first-order chi connectivity index (χ1) is 10.7. The lowest BCUT2D eigenvalue weighted by Crippen LogP contribution is -2.59. The third kappa shape index (κ3) is 3.37. The highest BCUT2D eigenvalue weighted by atomic mass is 32.2. The van der Waals surface area contributed by atoms with Crippen molar-refractivity contribution < 1.29 is 23.1 Å². The SMILES string of the molecule is CCNS(=O)(=O)c1ccc(C)c(C(=O)NC2(C(=O)O)CCC2)c1. The van der Waals surface area contributed by atoms with Crippen molar-refractivity contribution in [1.82, 2.24) is 10.0 Å². The summed E-state index contributed by atoms with van der Waals surface area (Å²) >= 11 is 0. The summed E-state index contributed by atoms with van der Waals surface area (Å²) in [5.41, 5.74) is -0.491. The van der Waals surface area contributed by atoms with Crippen LogP contribution in [0.4, 0.5) is 0 Å². The molecule has 1 aromatic rings. The van der Waals surface area contributed by atoms with E-state index in [1.165, 1.54) is 18.2 Å². The smallest absolute Gasteiger partial charge is 0.329 e. The molecule has 1 aliphatic rings. The van der Waals surface area contributed by atoms with Crippen molar-refractivity contribution in [2.45, 2.75) is 43.5 Å². The van der Waals surface area contributed by atoms with Crippen molar-refractivity contribution in [1.29, 1.82) is 0 Å². The molecule has 2 rings (SSSR count). The summed E-state index contributed by atoms with van der Waals surface area (Å²) in [5.74, 6) is -1.63. The fourth-order valence-corrected chi connectivity index (χ4v) is 3.56. The minimum Gasteiger partial charge on any atom is -0.480 e. The minimum absolute atomic E-state index is 0.0203. The number of hydrogen-bond donors (Lipinski definition) is 3. The van der Waals surface area contributed by atoms with Crippen LogP contribution in [-0.4, -0.2) is 37.5 Å². The maximum Gasteiger partial charge on any atom is 0.329 e. The van der Waals surface area contributed by atoms with Crippen molar-refractivity contribution in [3.05, 3.63) is 29.3 Å². The van der Waals surface area contributed by atoms with Crippen LogP contribution in [-0.2, 0) is 14.8 Å². The Bertz CT molecular complexity index is 738. The van der Waals surface area contributed by atoms with Crippen LogP contribution in [0, 0.1) is 6.92 Å². The predicted molar refractivity (Wildman–Crippen MR) is 83.7 cm³/mol. The van der Waals surface area contributed by atoms with Crippen LogP contribution in [0.15, 0.2) is 23.1 Å². The van der Waals surface area contributed by atoms with Gasteiger partial charge < -0.3 is 10.4 Å². The van der Waals surface area contributed by atoms with E-state index in [4.69, 9.17) is 0 Å². The maximum absolute atomic E-state index is 12.4. The zero-order chi connectivity index (χ0) is 17.3. The summed E-state index contributed by atoms with van der Waals surface area (Å²) < 4.78 is 26.4. The number of amides is 1. The standard InChI is InChI=1S/C15H20N2O5S/c1-3-16-23(21,22)11-6-5-10(2)12(9-11)13(18)17-15(14(19)20)7-4-8-15/h5-6,9,16H,3-4,7-8H2,1-2H3,(H,17,18)(H,19,20). The monoisotopic (exact) mass is 340 g/mol. The van der Waals surface area contributed by atoms with E-state index in [1.807, 2.05) is 0 Å². The van der Waals surface area contributed by atoms with Crippen molar-refractivity contribution in [2.75, 3.05) is 6.54 Å².